The Balaban J connectivity index is 1.72. The predicted octanol–water partition coefficient (Wildman–Crippen LogP) is 4.41. The van der Waals surface area contributed by atoms with Gasteiger partial charge in [0.2, 0.25) is 0 Å². The van der Waals surface area contributed by atoms with E-state index in [0.717, 1.165) is 17.7 Å². The summed E-state index contributed by atoms with van der Waals surface area (Å²) in [6.45, 7) is 0.506. The zero-order valence-electron chi connectivity index (χ0n) is 18.6. The second kappa shape index (κ2) is 9.24. The maximum atomic E-state index is 13.4. The Hall–Kier alpha value is -3.75. The maximum Gasteiger partial charge on any atom is 0.416 e. The number of anilines is 2. The van der Waals surface area contributed by atoms with E-state index in [2.05, 4.69) is 0 Å². The Morgan fingerprint density at radius 3 is 2.29 bits per heavy atom. The standard InChI is InChI=1S/C25H23F3N2O4/c1-33-20-9-3-16(4-10-20)14-29-12-11-22-21(23(29)31)13-17(24(32)34-2)15-30(22)19-7-5-18(6-8-19)25(26,27)28/h3-12,17H,13-15H2,1-2H3. The van der Waals surface area contributed by atoms with Gasteiger partial charge in [0, 0.05) is 24.0 Å². The highest BCUT2D eigenvalue weighted by atomic mass is 19.4. The van der Waals surface area contributed by atoms with Gasteiger partial charge < -0.3 is 18.9 Å². The van der Waals surface area contributed by atoms with Crippen LogP contribution < -0.4 is 15.2 Å². The summed E-state index contributed by atoms with van der Waals surface area (Å²) >= 11 is 0. The molecule has 0 saturated heterocycles. The first-order valence-corrected chi connectivity index (χ1v) is 10.6. The molecule has 1 aliphatic heterocycles. The van der Waals surface area contributed by atoms with E-state index < -0.39 is 23.6 Å². The number of pyridine rings is 1. The summed E-state index contributed by atoms with van der Waals surface area (Å²) in [5, 5.41) is 0. The first-order valence-electron chi connectivity index (χ1n) is 10.6. The van der Waals surface area contributed by atoms with Crippen molar-refractivity contribution in [2.24, 2.45) is 5.92 Å². The van der Waals surface area contributed by atoms with Gasteiger partial charge in [0.1, 0.15) is 5.75 Å². The monoisotopic (exact) mass is 472 g/mol. The van der Waals surface area contributed by atoms with Crippen molar-refractivity contribution in [1.29, 1.82) is 0 Å². The van der Waals surface area contributed by atoms with Crippen LogP contribution >= 0.6 is 0 Å². The van der Waals surface area contributed by atoms with E-state index in [0.29, 0.717) is 29.2 Å². The van der Waals surface area contributed by atoms with Gasteiger partial charge in [0.05, 0.1) is 37.9 Å². The van der Waals surface area contributed by atoms with Crippen molar-refractivity contribution in [1.82, 2.24) is 4.57 Å². The molecule has 1 unspecified atom stereocenters. The average molecular weight is 472 g/mol. The van der Waals surface area contributed by atoms with Gasteiger partial charge >= 0.3 is 12.1 Å². The number of fused-ring (bicyclic) bond motifs is 1. The molecule has 0 spiro atoms. The molecule has 9 heteroatoms. The molecule has 1 atom stereocenters. The SMILES string of the molecule is COC(=O)C1Cc2c(ccn(Cc3ccc(OC)cc3)c2=O)N(c2ccc(C(F)(F)F)cc2)C1. The molecule has 0 N–H and O–H groups in total. The number of hydrogen-bond donors (Lipinski definition) is 0. The number of carbonyl (C=O) groups is 1. The number of methoxy groups -OCH3 is 2. The molecule has 2 aromatic carbocycles. The van der Waals surface area contributed by atoms with Crippen LogP contribution in [-0.2, 0) is 28.7 Å². The second-order valence-electron chi connectivity index (χ2n) is 8.04. The lowest BCUT2D eigenvalue weighted by Gasteiger charge is -2.35. The molecule has 1 aliphatic rings. The average Bonchev–Trinajstić information content (AvgIpc) is 2.84. The van der Waals surface area contributed by atoms with Gasteiger partial charge in [-0.2, -0.15) is 13.2 Å². The number of carbonyl (C=O) groups excluding carboxylic acids is 1. The van der Waals surface area contributed by atoms with E-state index in [-0.39, 0.29) is 18.5 Å². The molecule has 0 amide bonds. The third-order valence-electron chi connectivity index (χ3n) is 5.94. The van der Waals surface area contributed by atoms with Crippen LogP contribution in [0.15, 0.2) is 65.6 Å². The first-order chi connectivity index (χ1) is 16.2. The van der Waals surface area contributed by atoms with Crippen LogP contribution in [0, 0.1) is 5.92 Å². The molecule has 1 aromatic heterocycles. The Morgan fingerprint density at radius 2 is 1.71 bits per heavy atom. The summed E-state index contributed by atoms with van der Waals surface area (Å²) in [5.41, 5.74) is 1.29. The molecule has 6 nitrogen and oxygen atoms in total. The van der Waals surface area contributed by atoms with E-state index in [4.69, 9.17) is 9.47 Å². The zero-order valence-corrected chi connectivity index (χ0v) is 18.6. The number of alkyl halides is 3. The largest absolute Gasteiger partial charge is 0.497 e. The molecule has 4 rings (SSSR count). The fourth-order valence-electron chi connectivity index (χ4n) is 4.14. The van der Waals surface area contributed by atoms with Crippen LogP contribution in [0.2, 0.25) is 0 Å². The summed E-state index contributed by atoms with van der Waals surface area (Å²) in [5.74, 6) is -0.411. The van der Waals surface area contributed by atoms with E-state index in [1.807, 2.05) is 12.1 Å². The Kier molecular flexibility index (Phi) is 6.37. The molecule has 0 bridgehead atoms. The fraction of sp³-hybridized carbons (Fsp3) is 0.280. The normalized spacial score (nSPS) is 15.6. The van der Waals surface area contributed by atoms with Gasteiger partial charge in [-0.25, -0.2) is 0 Å². The molecule has 0 saturated carbocycles. The predicted molar refractivity (Wildman–Crippen MR) is 120 cm³/mol. The molecule has 34 heavy (non-hydrogen) atoms. The lowest BCUT2D eigenvalue weighted by Crippen LogP contribution is -2.40. The highest BCUT2D eigenvalue weighted by molar-refractivity contribution is 5.78. The fourth-order valence-corrected chi connectivity index (χ4v) is 4.14. The van der Waals surface area contributed by atoms with Crippen molar-refractivity contribution in [3.63, 3.8) is 0 Å². The van der Waals surface area contributed by atoms with Crippen molar-refractivity contribution in [3.05, 3.63) is 87.8 Å². The van der Waals surface area contributed by atoms with Gasteiger partial charge in [-0.3, -0.25) is 9.59 Å². The Morgan fingerprint density at radius 1 is 1.03 bits per heavy atom. The number of hydrogen-bond acceptors (Lipinski definition) is 5. The summed E-state index contributed by atoms with van der Waals surface area (Å²) in [7, 11) is 2.84. The van der Waals surface area contributed by atoms with Gasteiger partial charge in [0.15, 0.2) is 0 Å². The molecule has 2 heterocycles. The Labute approximate surface area is 194 Å². The van der Waals surface area contributed by atoms with Crippen LogP contribution in [0.25, 0.3) is 0 Å². The topological polar surface area (TPSA) is 60.8 Å². The van der Waals surface area contributed by atoms with E-state index in [1.54, 1.807) is 41.0 Å². The van der Waals surface area contributed by atoms with Gasteiger partial charge in [-0.05, 0) is 54.4 Å². The van der Waals surface area contributed by atoms with Crippen LogP contribution in [0.1, 0.15) is 16.7 Å². The third-order valence-corrected chi connectivity index (χ3v) is 5.94. The number of halogens is 3. The van der Waals surface area contributed by atoms with Crippen LogP contribution in [0.3, 0.4) is 0 Å². The van der Waals surface area contributed by atoms with Crippen LogP contribution in [0.5, 0.6) is 5.75 Å². The first kappa shape index (κ1) is 23.4. The number of nitrogens with zero attached hydrogens (tertiary/aromatic N) is 2. The lowest BCUT2D eigenvalue weighted by molar-refractivity contribution is -0.145. The zero-order chi connectivity index (χ0) is 24.5. The molecule has 0 aliphatic carbocycles. The summed E-state index contributed by atoms with van der Waals surface area (Å²) in [6.07, 6.45) is -2.62. The van der Waals surface area contributed by atoms with Gasteiger partial charge in [-0.1, -0.05) is 12.1 Å². The summed E-state index contributed by atoms with van der Waals surface area (Å²) < 4.78 is 50.6. The maximum absolute atomic E-state index is 13.4. The minimum atomic E-state index is -4.46. The molecular formula is C25H23F3N2O4. The summed E-state index contributed by atoms with van der Waals surface area (Å²) in [4.78, 5) is 27.4. The highest BCUT2D eigenvalue weighted by Crippen LogP contribution is 2.36. The van der Waals surface area contributed by atoms with E-state index in [9.17, 15) is 22.8 Å². The molecule has 0 fully saturated rings. The minimum Gasteiger partial charge on any atom is -0.497 e. The molecular weight excluding hydrogens is 449 g/mol. The number of ether oxygens (including phenoxy) is 2. The number of esters is 1. The molecule has 3 aromatic rings. The molecule has 178 valence electrons. The van der Waals surface area contributed by atoms with Crippen LogP contribution in [0.4, 0.5) is 24.5 Å². The van der Waals surface area contributed by atoms with Gasteiger partial charge in [0.25, 0.3) is 5.56 Å². The van der Waals surface area contributed by atoms with Crippen LogP contribution in [-0.4, -0.2) is 31.3 Å². The third kappa shape index (κ3) is 4.64. The second-order valence-corrected chi connectivity index (χ2v) is 8.04. The van der Waals surface area contributed by atoms with Crippen molar-refractivity contribution < 1.29 is 27.4 Å². The molecule has 0 radical (unpaired) electrons. The van der Waals surface area contributed by atoms with Gasteiger partial charge in [-0.15, -0.1) is 0 Å². The van der Waals surface area contributed by atoms with Crippen molar-refractivity contribution in [2.45, 2.75) is 19.1 Å². The van der Waals surface area contributed by atoms with E-state index in [1.165, 1.54) is 19.2 Å². The highest BCUT2D eigenvalue weighted by Gasteiger charge is 2.34. The Bertz CT molecular complexity index is 1240. The quantitative estimate of drug-likeness (QED) is 0.515. The number of benzene rings is 2. The number of rotatable bonds is 5. The van der Waals surface area contributed by atoms with Crippen molar-refractivity contribution in [2.75, 3.05) is 25.7 Å². The van der Waals surface area contributed by atoms with E-state index >= 15 is 0 Å². The minimum absolute atomic E-state index is 0.182. The lowest BCUT2D eigenvalue weighted by atomic mass is 9.92. The van der Waals surface area contributed by atoms with Crippen molar-refractivity contribution >= 4 is 17.3 Å². The smallest absolute Gasteiger partial charge is 0.416 e. The van der Waals surface area contributed by atoms with Crippen molar-refractivity contribution in [3.8, 4) is 5.75 Å². The number of aromatic nitrogens is 1. The summed E-state index contributed by atoms with van der Waals surface area (Å²) in [6, 6.07) is 13.7.